The molecule has 0 amide bonds. The van der Waals surface area contributed by atoms with Gasteiger partial charge in [0.25, 0.3) is 0 Å². The van der Waals surface area contributed by atoms with Crippen molar-refractivity contribution in [3.8, 4) is 0 Å². The van der Waals surface area contributed by atoms with E-state index in [9.17, 15) is 0 Å². The molecule has 0 spiro atoms. The van der Waals surface area contributed by atoms with Gasteiger partial charge >= 0.3 is 0 Å². The highest BCUT2D eigenvalue weighted by atomic mass is 35.5. The van der Waals surface area contributed by atoms with Crippen LogP contribution in [0.5, 0.6) is 0 Å². The Hall–Kier alpha value is 0.290. The molecule has 2 unspecified atom stereocenters. The van der Waals surface area contributed by atoms with Crippen LogP contribution in [0.1, 0.15) is 84.5 Å². The molecule has 1 rings (SSSR count). The lowest BCUT2D eigenvalue weighted by molar-refractivity contribution is 0.209. The van der Waals surface area contributed by atoms with Gasteiger partial charge in [0.15, 0.2) is 0 Å². The summed E-state index contributed by atoms with van der Waals surface area (Å²) < 4.78 is 0. The van der Waals surface area contributed by atoms with Crippen LogP contribution in [0.25, 0.3) is 0 Å². The highest BCUT2D eigenvalue weighted by Crippen LogP contribution is 2.39. The maximum Gasteiger partial charge on any atom is 0.0223 e. The molecular formula is C17H33Cl. The standard InChI is InChI=1S/C17H33Cl/c1-3-4-5-10-15(2)17(13-8-9-14-18)16-11-6-7-12-16/h15-17H,3-14H2,1-2H3. The van der Waals surface area contributed by atoms with Crippen LogP contribution < -0.4 is 0 Å². The predicted molar refractivity (Wildman–Crippen MR) is 83.3 cm³/mol. The van der Waals surface area contributed by atoms with Gasteiger partial charge in [-0.25, -0.2) is 0 Å². The lowest BCUT2D eigenvalue weighted by atomic mass is 9.76. The molecule has 0 N–H and O–H groups in total. The third kappa shape index (κ3) is 5.95. The molecule has 1 heteroatoms. The minimum Gasteiger partial charge on any atom is -0.127 e. The van der Waals surface area contributed by atoms with Crippen LogP contribution in [0, 0.1) is 17.8 Å². The molecular weight excluding hydrogens is 240 g/mol. The average molecular weight is 273 g/mol. The van der Waals surface area contributed by atoms with E-state index < -0.39 is 0 Å². The molecule has 0 nitrogen and oxygen atoms in total. The molecule has 1 aliphatic carbocycles. The molecule has 0 heterocycles. The maximum absolute atomic E-state index is 5.83. The first kappa shape index (κ1) is 16.3. The summed E-state index contributed by atoms with van der Waals surface area (Å²) in [5.41, 5.74) is 0. The van der Waals surface area contributed by atoms with Crippen molar-refractivity contribution in [2.75, 3.05) is 5.88 Å². The van der Waals surface area contributed by atoms with E-state index in [4.69, 9.17) is 11.6 Å². The summed E-state index contributed by atoms with van der Waals surface area (Å²) in [7, 11) is 0. The topological polar surface area (TPSA) is 0 Å². The molecule has 18 heavy (non-hydrogen) atoms. The molecule has 1 saturated carbocycles. The van der Waals surface area contributed by atoms with Crippen LogP contribution in [0.15, 0.2) is 0 Å². The van der Waals surface area contributed by atoms with Crippen LogP contribution >= 0.6 is 11.6 Å². The monoisotopic (exact) mass is 272 g/mol. The van der Waals surface area contributed by atoms with Crippen molar-refractivity contribution < 1.29 is 0 Å². The summed E-state index contributed by atoms with van der Waals surface area (Å²) in [6.45, 7) is 4.82. The van der Waals surface area contributed by atoms with Gasteiger partial charge < -0.3 is 0 Å². The first-order chi connectivity index (χ1) is 8.79. The summed E-state index contributed by atoms with van der Waals surface area (Å²) in [4.78, 5) is 0. The van der Waals surface area contributed by atoms with E-state index in [1.807, 2.05) is 0 Å². The molecule has 0 saturated heterocycles. The lowest BCUT2D eigenvalue weighted by Crippen LogP contribution is -2.20. The molecule has 0 aromatic carbocycles. The van der Waals surface area contributed by atoms with Crippen LogP contribution in [0.3, 0.4) is 0 Å². The number of unbranched alkanes of at least 4 members (excludes halogenated alkanes) is 3. The van der Waals surface area contributed by atoms with E-state index in [1.165, 1.54) is 70.6 Å². The maximum atomic E-state index is 5.83. The first-order valence-corrected chi connectivity index (χ1v) is 8.89. The van der Waals surface area contributed by atoms with Crippen LogP contribution in [-0.4, -0.2) is 5.88 Å². The van der Waals surface area contributed by atoms with Gasteiger partial charge in [-0.3, -0.25) is 0 Å². The largest absolute Gasteiger partial charge is 0.127 e. The Kier molecular flexibility index (Phi) is 9.19. The number of rotatable bonds is 10. The average Bonchev–Trinajstić information content (AvgIpc) is 2.88. The van der Waals surface area contributed by atoms with Crippen LogP contribution in [0.4, 0.5) is 0 Å². The zero-order chi connectivity index (χ0) is 13.2. The Bertz CT molecular complexity index is 184. The number of hydrogen-bond acceptors (Lipinski definition) is 0. The Balaban J connectivity index is 2.36. The highest BCUT2D eigenvalue weighted by molar-refractivity contribution is 6.17. The molecule has 0 radical (unpaired) electrons. The van der Waals surface area contributed by atoms with Crippen molar-refractivity contribution in [2.45, 2.75) is 84.5 Å². The SMILES string of the molecule is CCCCCC(C)C(CCCCCl)C1CCCC1. The molecule has 0 bridgehead atoms. The van der Waals surface area contributed by atoms with Crippen LogP contribution in [0.2, 0.25) is 0 Å². The molecule has 2 atom stereocenters. The van der Waals surface area contributed by atoms with Crippen molar-refractivity contribution in [3.05, 3.63) is 0 Å². The lowest BCUT2D eigenvalue weighted by Gasteiger charge is -2.29. The summed E-state index contributed by atoms with van der Waals surface area (Å²) in [5.74, 6) is 3.82. The smallest absolute Gasteiger partial charge is 0.0223 e. The van der Waals surface area contributed by atoms with Crippen molar-refractivity contribution in [3.63, 3.8) is 0 Å². The Morgan fingerprint density at radius 3 is 2.28 bits per heavy atom. The van der Waals surface area contributed by atoms with E-state index >= 15 is 0 Å². The van der Waals surface area contributed by atoms with Crippen molar-refractivity contribution in [1.82, 2.24) is 0 Å². The molecule has 0 aliphatic heterocycles. The Morgan fingerprint density at radius 2 is 1.67 bits per heavy atom. The first-order valence-electron chi connectivity index (χ1n) is 8.35. The minimum atomic E-state index is 0.849. The van der Waals surface area contributed by atoms with Gasteiger partial charge in [-0.1, -0.05) is 71.6 Å². The summed E-state index contributed by atoms with van der Waals surface area (Å²) in [5, 5.41) is 0. The van der Waals surface area contributed by atoms with Gasteiger partial charge in [0.2, 0.25) is 0 Å². The van der Waals surface area contributed by atoms with Gasteiger partial charge in [-0.15, -0.1) is 11.6 Å². The quantitative estimate of drug-likeness (QED) is 0.318. The van der Waals surface area contributed by atoms with Crippen molar-refractivity contribution in [1.29, 1.82) is 0 Å². The number of halogens is 1. The molecule has 0 aromatic rings. The second-order valence-electron chi connectivity index (χ2n) is 6.37. The normalized spacial score (nSPS) is 20.2. The third-order valence-electron chi connectivity index (χ3n) is 4.92. The summed E-state index contributed by atoms with van der Waals surface area (Å²) in [6.07, 6.45) is 15.6. The Labute approximate surface area is 120 Å². The van der Waals surface area contributed by atoms with Gasteiger partial charge in [0.05, 0.1) is 0 Å². The van der Waals surface area contributed by atoms with E-state index in [-0.39, 0.29) is 0 Å². The van der Waals surface area contributed by atoms with Crippen molar-refractivity contribution in [2.24, 2.45) is 17.8 Å². The highest BCUT2D eigenvalue weighted by Gasteiger charge is 2.28. The zero-order valence-corrected chi connectivity index (χ0v) is 13.4. The van der Waals surface area contributed by atoms with E-state index in [2.05, 4.69) is 13.8 Å². The second-order valence-corrected chi connectivity index (χ2v) is 6.74. The van der Waals surface area contributed by atoms with Gasteiger partial charge in [-0.05, 0) is 30.6 Å². The zero-order valence-electron chi connectivity index (χ0n) is 12.6. The summed E-state index contributed by atoms with van der Waals surface area (Å²) >= 11 is 5.83. The fourth-order valence-electron chi connectivity index (χ4n) is 3.78. The Morgan fingerprint density at radius 1 is 1.00 bits per heavy atom. The second kappa shape index (κ2) is 10.1. The van der Waals surface area contributed by atoms with Gasteiger partial charge in [0, 0.05) is 5.88 Å². The van der Waals surface area contributed by atoms with E-state index in [1.54, 1.807) is 0 Å². The third-order valence-corrected chi connectivity index (χ3v) is 5.19. The van der Waals surface area contributed by atoms with Gasteiger partial charge in [-0.2, -0.15) is 0 Å². The predicted octanol–water partition coefficient (Wildman–Crippen LogP) is 6.42. The fourth-order valence-corrected chi connectivity index (χ4v) is 3.96. The van der Waals surface area contributed by atoms with Gasteiger partial charge in [0.1, 0.15) is 0 Å². The van der Waals surface area contributed by atoms with Crippen LogP contribution in [-0.2, 0) is 0 Å². The van der Waals surface area contributed by atoms with E-state index in [0.29, 0.717) is 0 Å². The minimum absolute atomic E-state index is 0.849. The molecule has 1 aliphatic rings. The summed E-state index contributed by atoms with van der Waals surface area (Å²) in [6, 6.07) is 0. The fraction of sp³-hybridized carbons (Fsp3) is 1.00. The number of hydrogen-bond donors (Lipinski definition) is 0. The number of alkyl halides is 1. The van der Waals surface area contributed by atoms with E-state index in [0.717, 1.165) is 23.6 Å². The molecule has 0 aromatic heterocycles. The molecule has 1 fully saturated rings. The van der Waals surface area contributed by atoms with Crippen molar-refractivity contribution >= 4 is 11.6 Å². The molecule has 108 valence electrons.